The van der Waals surface area contributed by atoms with Crippen molar-refractivity contribution >= 4 is 23.3 Å². The van der Waals surface area contributed by atoms with Gasteiger partial charge in [-0.2, -0.15) is 0 Å². The standard InChI is InChI=1S/C18H25ClFN3O2/c1-25-9-3-8-22-12-18(6-4-16(22)24)5-2-7-23(13-18)17-15(20)10-14(19)11-21-17/h10-11H,2-9,12-13H2,1H3/t18-/m0/s1. The lowest BCUT2D eigenvalue weighted by Crippen LogP contribution is -2.54. The highest BCUT2D eigenvalue weighted by Crippen LogP contribution is 2.40. The summed E-state index contributed by atoms with van der Waals surface area (Å²) in [5, 5.41) is 0.306. The minimum Gasteiger partial charge on any atom is -0.385 e. The molecule has 1 aromatic rings. The Balaban J connectivity index is 1.71. The number of methoxy groups -OCH3 is 1. The van der Waals surface area contributed by atoms with E-state index in [1.54, 1.807) is 7.11 Å². The van der Waals surface area contributed by atoms with Gasteiger partial charge in [0.15, 0.2) is 11.6 Å². The number of carbonyl (C=O) groups excluding carboxylic acids is 1. The van der Waals surface area contributed by atoms with Gasteiger partial charge in [-0.05, 0) is 31.7 Å². The molecular formula is C18H25ClFN3O2. The van der Waals surface area contributed by atoms with E-state index in [2.05, 4.69) is 4.98 Å². The van der Waals surface area contributed by atoms with E-state index in [4.69, 9.17) is 16.3 Å². The van der Waals surface area contributed by atoms with E-state index >= 15 is 0 Å². The second kappa shape index (κ2) is 7.87. The van der Waals surface area contributed by atoms with Gasteiger partial charge in [0.2, 0.25) is 5.91 Å². The molecule has 7 heteroatoms. The number of aromatic nitrogens is 1. The van der Waals surface area contributed by atoms with Gasteiger partial charge >= 0.3 is 0 Å². The molecule has 1 aromatic heterocycles. The minimum absolute atomic E-state index is 0.0208. The number of rotatable bonds is 5. The average molecular weight is 370 g/mol. The highest BCUT2D eigenvalue weighted by molar-refractivity contribution is 6.30. The van der Waals surface area contributed by atoms with Crippen molar-refractivity contribution in [3.8, 4) is 0 Å². The number of halogens is 2. The first-order valence-electron chi connectivity index (χ1n) is 8.86. The summed E-state index contributed by atoms with van der Waals surface area (Å²) in [6.45, 7) is 3.63. The Morgan fingerprint density at radius 3 is 3.00 bits per heavy atom. The Morgan fingerprint density at radius 2 is 2.24 bits per heavy atom. The van der Waals surface area contributed by atoms with Crippen LogP contribution in [0.15, 0.2) is 12.3 Å². The molecule has 0 radical (unpaired) electrons. The van der Waals surface area contributed by atoms with E-state index in [0.29, 0.717) is 23.9 Å². The van der Waals surface area contributed by atoms with Crippen LogP contribution >= 0.6 is 11.6 Å². The molecule has 0 bridgehead atoms. The fourth-order valence-corrected chi connectivity index (χ4v) is 4.21. The van der Waals surface area contributed by atoms with E-state index in [9.17, 15) is 9.18 Å². The van der Waals surface area contributed by atoms with Crippen LogP contribution < -0.4 is 4.90 Å². The third-order valence-electron chi connectivity index (χ3n) is 5.27. The Bertz CT molecular complexity index is 630. The predicted molar refractivity (Wildman–Crippen MR) is 95.4 cm³/mol. The van der Waals surface area contributed by atoms with Crippen molar-refractivity contribution in [3.05, 3.63) is 23.1 Å². The van der Waals surface area contributed by atoms with Gasteiger partial charge in [0.05, 0.1) is 5.02 Å². The summed E-state index contributed by atoms with van der Waals surface area (Å²) < 4.78 is 19.4. The molecule has 2 saturated heterocycles. The molecule has 0 aromatic carbocycles. The first-order chi connectivity index (χ1) is 12.0. The van der Waals surface area contributed by atoms with Crippen molar-refractivity contribution in [1.82, 2.24) is 9.88 Å². The monoisotopic (exact) mass is 369 g/mol. The van der Waals surface area contributed by atoms with Crippen molar-refractivity contribution in [2.45, 2.75) is 32.1 Å². The number of likely N-dealkylation sites (tertiary alicyclic amines) is 1. The molecule has 25 heavy (non-hydrogen) atoms. The number of nitrogens with zero attached hydrogens (tertiary/aromatic N) is 3. The maximum atomic E-state index is 14.3. The van der Waals surface area contributed by atoms with Gasteiger partial charge in [-0.1, -0.05) is 11.6 Å². The van der Waals surface area contributed by atoms with Gasteiger partial charge in [0.25, 0.3) is 0 Å². The zero-order valence-corrected chi connectivity index (χ0v) is 15.4. The molecule has 0 unspecified atom stereocenters. The first-order valence-corrected chi connectivity index (χ1v) is 9.23. The van der Waals surface area contributed by atoms with Gasteiger partial charge in [0, 0.05) is 57.9 Å². The molecule has 3 heterocycles. The lowest BCUT2D eigenvalue weighted by molar-refractivity contribution is -0.138. The second-order valence-electron chi connectivity index (χ2n) is 7.15. The number of hydrogen-bond acceptors (Lipinski definition) is 4. The lowest BCUT2D eigenvalue weighted by atomic mass is 9.73. The summed E-state index contributed by atoms with van der Waals surface area (Å²) >= 11 is 5.82. The van der Waals surface area contributed by atoms with Crippen molar-refractivity contribution in [2.24, 2.45) is 5.41 Å². The van der Waals surface area contributed by atoms with Gasteiger partial charge in [-0.25, -0.2) is 9.37 Å². The fraction of sp³-hybridized carbons (Fsp3) is 0.667. The third kappa shape index (κ3) is 4.23. The van der Waals surface area contributed by atoms with Crippen molar-refractivity contribution in [1.29, 1.82) is 0 Å². The molecule has 0 aliphatic carbocycles. The first kappa shape index (κ1) is 18.4. The van der Waals surface area contributed by atoms with Crippen LogP contribution in [0.5, 0.6) is 0 Å². The zero-order chi connectivity index (χ0) is 17.9. The van der Waals surface area contributed by atoms with Gasteiger partial charge in [-0.15, -0.1) is 0 Å². The number of hydrogen-bond donors (Lipinski definition) is 0. The smallest absolute Gasteiger partial charge is 0.222 e. The highest BCUT2D eigenvalue weighted by Gasteiger charge is 2.42. The molecule has 1 atom stereocenters. The SMILES string of the molecule is COCCCN1C[C@]2(CCCN(c3ncc(Cl)cc3F)C2)CCC1=O. The molecule has 0 saturated carbocycles. The van der Waals surface area contributed by atoms with Gasteiger partial charge in [-0.3, -0.25) is 4.79 Å². The van der Waals surface area contributed by atoms with Crippen LogP contribution in [0, 0.1) is 11.2 Å². The Hall–Kier alpha value is -1.40. The summed E-state index contributed by atoms with van der Waals surface area (Å²) in [5.74, 6) is 0.203. The Kier molecular flexibility index (Phi) is 5.79. The Labute approximate surface area is 153 Å². The van der Waals surface area contributed by atoms with E-state index in [-0.39, 0.29) is 17.1 Å². The summed E-state index contributed by atoms with van der Waals surface area (Å²) in [6.07, 6.45) is 5.80. The normalized spacial score (nSPS) is 24.2. The largest absolute Gasteiger partial charge is 0.385 e. The van der Waals surface area contributed by atoms with Crippen molar-refractivity contribution in [3.63, 3.8) is 0 Å². The number of piperidine rings is 2. The van der Waals surface area contributed by atoms with E-state index < -0.39 is 0 Å². The minimum atomic E-state index is -0.381. The summed E-state index contributed by atoms with van der Waals surface area (Å²) in [4.78, 5) is 20.4. The molecule has 5 nitrogen and oxygen atoms in total. The third-order valence-corrected chi connectivity index (χ3v) is 5.48. The van der Waals surface area contributed by atoms with Crippen LogP contribution in [-0.2, 0) is 9.53 Å². The van der Waals surface area contributed by atoms with E-state index in [1.807, 2.05) is 9.80 Å². The van der Waals surface area contributed by atoms with E-state index in [1.165, 1.54) is 12.3 Å². The number of carbonyl (C=O) groups is 1. The summed E-state index contributed by atoms with van der Waals surface area (Å²) in [6, 6.07) is 1.31. The average Bonchev–Trinajstić information content (AvgIpc) is 2.58. The van der Waals surface area contributed by atoms with E-state index in [0.717, 1.165) is 51.9 Å². The lowest BCUT2D eigenvalue weighted by Gasteiger charge is -2.48. The fourth-order valence-electron chi connectivity index (χ4n) is 4.07. The Morgan fingerprint density at radius 1 is 1.40 bits per heavy atom. The maximum absolute atomic E-state index is 14.3. The van der Waals surface area contributed by atoms with Gasteiger partial charge < -0.3 is 14.5 Å². The van der Waals surface area contributed by atoms with Gasteiger partial charge in [0.1, 0.15) is 0 Å². The quantitative estimate of drug-likeness (QED) is 0.748. The van der Waals surface area contributed by atoms with Crippen LogP contribution in [-0.4, -0.2) is 55.7 Å². The number of amides is 1. The van der Waals surface area contributed by atoms with Crippen molar-refractivity contribution < 1.29 is 13.9 Å². The molecule has 2 aliphatic heterocycles. The maximum Gasteiger partial charge on any atom is 0.222 e. The number of anilines is 1. The second-order valence-corrected chi connectivity index (χ2v) is 7.58. The van der Waals surface area contributed by atoms with Crippen LogP contribution in [0.2, 0.25) is 5.02 Å². The highest BCUT2D eigenvalue weighted by atomic mass is 35.5. The molecule has 2 aliphatic rings. The number of ether oxygens (including phenoxy) is 1. The van der Waals surface area contributed by atoms with Crippen LogP contribution in [0.4, 0.5) is 10.2 Å². The topological polar surface area (TPSA) is 45.7 Å². The molecule has 1 spiro atoms. The van der Waals surface area contributed by atoms with Crippen molar-refractivity contribution in [2.75, 3.05) is 44.8 Å². The number of pyridine rings is 1. The predicted octanol–water partition coefficient (Wildman–Crippen LogP) is 3.12. The van der Waals surface area contributed by atoms with Crippen LogP contribution in [0.1, 0.15) is 32.1 Å². The molecule has 2 fully saturated rings. The molecule has 138 valence electrons. The molecule has 3 rings (SSSR count). The van der Waals surface area contributed by atoms with Crippen LogP contribution in [0.25, 0.3) is 0 Å². The molecular weight excluding hydrogens is 345 g/mol. The zero-order valence-electron chi connectivity index (χ0n) is 14.6. The molecule has 1 amide bonds. The molecule has 0 N–H and O–H groups in total. The summed E-state index contributed by atoms with van der Waals surface area (Å²) in [7, 11) is 1.67. The summed E-state index contributed by atoms with van der Waals surface area (Å²) in [5.41, 5.74) is 0.0208. The van der Waals surface area contributed by atoms with Crippen LogP contribution in [0.3, 0.4) is 0 Å².